The number of carbonyl (C=O) groups is 1. The van der Waals surface area contributed by atoms with E-state index in [1.807, 2.05) is 31.2 Å². The topological polar surface area (TPSA) is 50.7 Å². The van der Waals surface area contributed by atoms with Crippen molar-refractivity contribution in [2.24, 2.45) is 5.10 Å². The molecule has 0 spiro atoms. The van der Waals surface area contributed by atoms with Crippen molar-refractivity contribution in [3.8, 4) is 5.75 Å². The van der Waals surface area contributed by atoms with Gasteiger partial charge in [0.25, 0.3) is 5.91 Å². The number of benzene rings is 2. The van der Waals surface area contributed by atoms with Gasteiger partial charge in [-0.3, -0.25) is 4.79 Å². The second-order valence-electron chi connectivity index (χ2n) is 4.21. The molecule has 4 nitrogen and oxygen atoms in total. The maximum atomic E-state index is 11.8. The van der Waals surface area contributed by atoms with Crippen LogP contribution in [0.15, 0.2) is 53.6 Å². The van der Waals surface area contributed by atoms with E-state index in [4.69, 9.17) is 16.3 Å². The first-order valence-electron chi connectivity index (χ1n) is 6.51. The molecule has 0 bridgehead atoms. The van der Waals surface area contributed by atoms with Crippen molar-refractivity contribution in [2.75, 3.05) is 6.61 Å². The van der Waals surface area contributed by atoms with Gasteiger partial charge in [-0.2, -0.15) is 5.10 Å². The highest BCUT2D eigenvalue weighted by Gasteiger charge is 2.03. The largest absolute Gasteiger partial charge is 0.494 e. The summed E-state index contributed by atoms with van der Waals surface area (Å²) in [5.74, 6) is 0.497. The lowest BCUT2D eigenvalue weighted by atomic mass is 10.2. The third-order valence-corrected chi connectivity index (χ3v) is 2.89. The Balaban J connectivity index is 1.94. The fraction of sp³-hybridized carbons (Fsp3) is 0.125. The molecule has 0 aromatic heterocycles. The van der Waals surface area contributed by atoms with Crippen molar-refractivity contribution >= 4 is 23.7 Å². The normalized spacial score (nSPS) is 10.6. The van der Waals surface area contributed by atoms with E-state index in [-0.39, 0.29) is 5.91 Å². The van der Waals surface area contributed by atoms with E-state index in [1.54, 1.807) is 30.5 Å². The maximum absolute atomic E-state index is 11.8. The van der Waals surface area contributed by atoms with Crippen molar-refractivity contribution in [2.45, 2.75) is 6.92 Å². The minimum absolute atomic E-state index is 0.306. The molecule has 0 fully saturated rings. The molecule has 5 heteroatoms. The Hall–Kier alpha value is -2.33. The minimum Gasteiger partial charge on any atom is -0.494 e. The van der Waals surface area contributed by atoms with Crippen LogP contribution in [0.3, 0.4) is 0 Å². The Morgan fingerprint density at radius 2 is 2.05 bits per heavy atom. The molecular formula is C16H15ClN2O2. The van der Waals surface area contributed by atoms with Gasteiger partial charge in [0.2, 0.25) is 0 Å². The van der Waals surface area contributed by atoms with Gasteiger partial charge in [0.15, 0.2) is 0 Å². The van der Waals surface area contributed by atoms with Crippen LogP contribution in [0.1, 0.15) is 22.8 Å². The zero-order valence-corrected chi connectivity index (χ0v) is 12.3. The van der Waals surface area contributed by atoms with Gasteiger partial charge in [0.05, 0.1) is 12.8 Å². The minimum atomic E-state index is -0.306. The van der Waals surface area contributed by atoms with Crippen molar-refractivity contribution in [3.05, 3.63) is 64.7 Å². The summed E-state index contributed by atoms with van der Waals surface area (Å²) in [5.41, 5.74) is 3.78. The van der Waals surface area contributed by atoms with Gasteiger partial charge in [-0.25, -0.2) is 5.43 Å². The number of hydrogen-bond donors (Lipinski definition) is 1. The van der Waals surface area contributed by atoms with Gasteiger partial charge < -0.3 is 4.74 Å². The second kappa shape index (κ2) is 7.45. The summed E-state index contributed by atoms with van der Waals surface area (Å²) in [6, 6.07) is 14.1. The fourth-order valence-electron chi connectivity index (χ4n) is 1.68. The van der Waals surface area contributed by atoms with Gasteiger partial charge in [0, 0.05) is 10.6 Å². The van der Waals surface area contributed by atoms with Gasteiger partial charge in [-0.15, -0.1) is 0 Å². The lowest BCUT2D eigenvalue weighted by molar-refractivity contribution is 0.0955. The number of nitrogens with zero attached hydrogens (tertiary/aromatic N) is 1. The zero-order valence-electron chi connectivity index (χ0n) is 11.5. The van der Waals surface area contributed by atoms with E-state index in [0.717, 1.165) is 11.3 Å². The van der Waals surface area contributed by atoms with Crippen LogP contribution in [0.25, 0.3) is 0 Å². The van der Waals surface area contributed by atoms with Gasteiger partial charge in [0.1, 0.15) is 5.75 Å². The van der Waals surface area contributed by atoms with Crippen LogP contribution in [0.5, 0.6) is 5.75 Å². The van der Waals surface area contributed by atoms with Crippen LogP contribution in [0.4, 0.5) is 0 Å². The average molecular weight is 303 g/mol. The SMILES string of the molecule is CCOc1ccc(C=NNC(=O)c2cccc(Cl)c2)cc1. The molecule has 1 N–H and O–H groups in total. The average Bonchev–Trinajstić information content (AvgIpc) is 2.49. The van der Waals surface area contributed by atoms with E-state index in [0.29, 0.717) is 17.2 Å². The number of amides is 1. The standard InChI is InChI=1S/C16H15ClN2O2/c1-2-21-15-8-6-12(7-9-15)11-18-19-16(20)13-4-3-5-14(17)10-13/h3-11H,2H2,1H3,(H,19,20). The summed E-state index contributed by atoms with van der Waals surface area (Å²) in [6.07, 6.45) is 1.57. The third-order valence-electron chi connectivity index (χ3n) is 2.66. The van der Waals surface area contributed by atoms with Crippen molar-refractivity contribution in [3.63, 3.8) is 0 Å². The van der Waals surface area contributed by atoms with E-state index in [1.165, 1.54) is 0 Å². The third kappa shape index (κ3) is 4.61. The van der Waals surface area contributed by atoms with E-state index >= 15 is 0 Å². The number of halogens is 1. The number of rotatable bonds is 5. The second-order valence-corrected chi connectivity index (χ2v) is 4.65. The van der Waals surface area contributed by atoms with Crippen molar-refractivity contribution in [1.82, 2.24) is 5.43 Å². The molecule has 0 saturated carbocycles. The van der Waals surface area contributed by atoms with E-state index in [2.05, 4.69) is 10.5 Å². The lowest BCUT2D eigenvalue weighted by Gasteiger charge is -2.02. The van der Waals surface area contributed by atoms with Crippen LogP contribution in [0, 0.1) is 0 Å². The predicted octanol–water partition coefficient (Wildman–Crippen LogP) is 3.50. The van der Waals surface area contributed by atoms with Crippen LogP contribution in [-0.2, 0) is 0 Å². The van der Waals surface area contributed by atoms with E-state index < -0.39 is 0 Å². The Morgan fingerprint density at radius 1 is 1.29 bits per heavy atom. The highest BCUT2D eigenvalue weighted by molar-refractivity contribution is 6.30. The highest BCUT2D eigenvalue weighted by atomic mass is 35.5. The van der Waals surface area contributed by atoms with Crippen LogP contribution in [0.2, 0.25) is 5.02 Å². The molecule has 0 aliphatic carbocycles. The first kappa shape index (κ1) is 15.1. The number of hydrazone groups is 1. The lowest BCUT2D eigenvalue weighted by Crippen LogP contribution is -2.17. The number of carbonyl (C=O) groups excluding carboxylic acids is 1. The molecule has 0 atom stereocenters. The summed E-state index contributed by atoms with van der Waals surface area (Å²) >= 11 is 5.83. The Kier molecular flexibility index (Phi) is 5.35. The number of ether oxygens (including phenoxy) is 1. The molecule has 0 heterocycles. The molecular weight excluding hydrogens is 288 g/mol. The number of nitrogens with one attached hydrogen (secondary N) is 1. The summed E-state index contributed by atoms with van der Waals surface area (Å²) in [7, 11) is 0. The van der Waals surface area contributed by atoms with Gasteiger partial charge in [-0.1, -0.05) is 17.7 Å². The molecule has 0 unspecified atom stereocenters. The van der Waals surface area contributed by atoms with Gasteiger partial charge in [-0.05, 0) is 55.0 Å². The molecule has 0 aliphatic rings. The Labute approximate surface area is 128 Å². The van der Waals surface area contributed by atoms with Crippen LogP contribution < -0.4 is 10.2 Å². The maximum Gasteiger partial charge on any atom is 0.271 e. The molecule has 1 amide bonds. The van der Waals surface area contributed by atoms with E-state index in [9.17, 15) is 4.79 Å². The molecule has 2 aromatic rings. The van der Waals surface area contributed by atoms with Crippen molar-refractivity contribution < 1.29 is 9.53 Å². The molecule has 0 radical (unpaired) electrons. The predicted molar refractivity (Wildman–Crippen MR) is 84.1 cm³/mol. The fourth-order valence-corrected chi connectivity index (χ4v) is 1.87. The molecule has 0 saturated heterocycles. The number of hydrogen-bond acceptors (Lipinski definition) is 3. The Bertz CT molecular complexity index is 639. The first-order chi connectivity index (χ1) is 10.2. The molecule has 21 heavy (non-hydrogen) atoms. The van der Waals surface area contributed by atoms with Crippen LogP contribution >= 0.6 is 11.6 Å². The summed E-state index contributed by atoms with van der Waals surface area (Å²) in [4.78, 5) is 11.8. The molecule has 0 aliphatic heterocycles. The first-order valence-corrected chi connectivity index (χ1v) is 6.88. The highest BCUT2D eigenvalue weighted by Crippen LogP contribution is 2.11. The molecule has 2 rings (SSSR count). The smallest absolute Gasteiger partial charge is 0.271 e. The van der Waals surface area contributed by atoms with Gasteiger partial charge >= 0.3 is 0 Å². The summed E-state index contributed by atoms with van der Waals surface area (Å²) < 4.78 is 5.35. The quantitative estimate of drug-likeness (QED) is 0.679. The van der Waals surface area contributed by atoms with Crippen LogP contribution in [-0.4, -0.2) is 18.7 Å². The zero-order chi connectivity index (χ0) is 15.1. The van der Waals surface area contributed by atoms with Crippen molar-refractivity contribution in [1.29, 1.82) is 0 Å². The monoisotopic (exact) mass is 302 g/mol. The molecule has 108 valence electrons. The summed E-state index contributed by atoms with van der Waals surface area (Å²) in [5, 5.41) is 4.43. The summed E-state index contributed by atoms with van der Waals surface area (Å²) in [6.45, 7) is 2.56. The Morgan fingerprint density at radius 3 is 2.71 bits per heavy atom. The molecule has 2 aromatic carbocycles.